The number of nitrogens with zero attached hydrogens (tertiary/aromatic N) is 2. The Morgan fingerprint density at radius 1 is 0.881 bits per heavy atom. The molecule has 2 saturated heterocycles. The summed E-state index contributed by atoms with van der Waals surface area (Å²) in [5.41, 5.74) is -2.80. The third-order valence-electron chi connectivity index (χ3n) is 5.94. The molecular formula is C26H39FLiN2NaO8S3. The van der Waals surface area contributed by atoms with Gasteiger partial charge in [0.2, 0.25) is 20.0 Å². The Kier molecular flexibility index (Phi) is 21.2. The molecule has 0 amide bonds. The summed E-state index contributed by atoms with van der Waals surface area (Å²) in [6.07, 6.45) is 5.69. The number of aliphatic hydroxyl groups excluding tert-OH is 1. The average Bonchev–Trinajstić information content (AvgIpc) is 3.70. The molecule has 2 aliphatic rings. The van der Waals surface area contributed by atoms with Gasteiger partial charge in [0.25, 0.3) is 0 Å². The first-order valence-corrected chi connectivity index (χ1v) is 17.1. The first-order valence-electron chi connectivity index (χ1n) is 13.4. The third-order valence-corrected chi connectivity index (χ3v) is 10.6. The Morgan fingerprint density at radius 3 is 1.67 bits per heavy atom. The van der Waals surface area contributed by atoms with Gasteiger partial charge >= 0.3 is 48.4 Å². The molecule has 10 nitrogen and oxygen atoms in total. The molecule has 4 rings (SSSR count). The summed E-state index contributed by atoms with van der Waals surface area (Å²) in [6, 6.07) is 13.7. The van der Waals surface area contributed by atoms with Gasteiger partial charge in [0.15, 0.2) is 5.44 Å². The van der Waals surface area contributed by atoms with Gasteiger partial charge in [-0.1, -0.05) is 49.7 Å². The van der Waals surface area contributed by atoms with Gasteiger partial charge in [-0.15, -0.1) is 0 Å². The van der Waals surface area contributed by atoms with Crippen LogP contribution < -0.4 is 48.4 Å². The van der Waals surface area contributed by atoms with Crippen LogP contribution in [0.1, 0.15) is 57.8 Å². The molecule has 2 aliphatic heterocycles. The fourth-order valence-corrected chi connectivity index (χ4v) is 7.69. The third kappa shape index (κ3) is 12.9. The standard InChI is InChI=1S/C11H15NO6S2.C10H13NO2S.C4H9.CH3F.Li.Na/c13-11(20(16,17)18)9-5-1-2-6-10(9)19(14,15)12-7-3-4-8-12;12-14(13,11-8-4-5-9-11)10-6-2-1-3-7-10;1-3-4-2;1-2;;/h1-2,5-6,11,13H,3-4,7-8H2,(H,16,17,18);1-3,6-7H,4-5,8-9H2;1,3-4H2,2H3;1H3;;/q;;-1;;2*+1/p-1/i;;;1D;;. The van der Waals surface area contributed by atoms with E-state index in [0.29, 0.717) is 31.1 Å². The number of benzene rings is 2. The molecule has 1 unspecified atom stereocenters. The van der Waals surface area contributed by atoms with E-state index >= 15 is 0 Å². The van der Waals surface area contributed by atoms with Crippen LogP contribution in [-0.4, -0.2) is 76.9 Å². The van der Waals surface area contributed by atoms with E-state index < -0.39 is 48.3 Å². The smallest absolute Gasteiger partial charge is 0.746 e. The largest absolute Gasteiger partial charge is 1.00 e. The van der Waals surface area contributed by atoms with Gasteiger partial charge in [-0.2, -0.15) is 15.0 Å². The normalized spacial score (nSPS) is 16.5. The molecule has 2 aromatic carbocycles. The second-order valence-corrected chi connectivity index (χ2v) is 14.0. The van der Waals surface area contributed by atoms with Crippen LogP contribution in [0.4, 0.5) is 4.39 Å². The van der Waals surface area contributed by atoms with Gasteiger partial charge in [0, 0.05) is 31.7 Å². The zero-order valence-corrected chi connectivity index (χ0v) is 29.0. The summed E-state index contributed by atoms with van der Waals surface area (Å²) >= 11 is 0. The Labute approximate surface area is 286 Å². The van der Waals surface area contributed by atoms with Crippen molar-refractivity contribution in [1.29, 1.82) is 0 Å². The molecule has 2 fully saturated rings. The van der Waals surface area contributed by atoms with Gasteiger partial charge in [0.05, 0.1) is 18.3 Å². The van der Waals surface area contributed by atoms with E-state index in [1.165, 1.54) is 28.9 Å². The zero-order chi connectivity index (χ0) is 31.1. The fourth-order valence-electron chi connectivity index (χ4n) is 3.81. The van der Waals surface area contributed by atoms with E-state index in [2.05, 4.69) is 13.8 Å². The minimum absolute atomic E-state index is 0. The van der Waals surface area contributed by atoms with Crippen LogP contribution in [0, 0.1) is 6.92 Å². The molecule has 0 saturated carbocycles. The first kappa shape index (κ1) is 41.7. The molecule has 0 aromatic heterocycles. The molecule has 42 heavy (non-hydrogen) atoms. The minimum atomic E-state index is -5.04. The maximum Gasteiger partial charge on any atom is 1.00 e. The van der Waals surface area contributed by atoms with Crippen molar-refractivity contribution < 1.29 is 89.1 Å². The monoisotopic (exact) mass is 653 g/mol. The van der Waals surface area contributed by atoms with Gasteiger partial charge in [-0.05, 0) is 43.9 Å². The second kappa shape index (κ2) is 21.4. The molecule has 228 valence electrons. The van der Waals surface area contributed by atoms with Crippen molar-refractivity contribution in [2.24, 2.45) is 0 Å². The number of aliphatic hydroxyl groups is 1. The van der Waals surface area contributed by atoms with Crippen LogP contribution >= 0.6 is 0 Å². The van der Waals surface area contributed by atoms with Crippen molar-refractivity contribution in [2.45, 2.75) is 60.7 Å². The van der Waals surface area contributed by atoms with Gasteiger partial charge in [0.1, 0.15) is 10.1 Å². The SMILES string of the molecule is O=S(=O)([O-])C(O)c1ccccc1S(=O)(=O)N1CCCC1.O=S(=O)(c1ccccc1)N1CCCC1.[2H]CF.[CH2-]CCC.[Li+].[Na+]. The summed E-state index contributed by atoms with van der Waals surface area (Å²) in [7, 11) is -13.1. The van der Waals surface area contributed by atoms with E-state index in [1.807, 2.05) is 6.07 Å². The second-order valence-electron chi connectivity index (χ2n) is 8.77. The van der Waals surface area contributed by atoms with Crippen LogP contribution in [0.25, 0.3) is 0 Å². The van der Waals surface area contributed by atoms with Crippen LogP contribution in [-0.2, 0) is 30.2 Å². The molecule has 2 aromatic rings. The van der Waals surface area contributed by atoms with Crippen LogP contribution in [0.15, 0.2) is 64.4 Å². The Balaban J connectivity index is 0. The van der Waals surface area contributed by atoms with E-state index in [0.717, 1.165) is 38.2 Å². The molecule has 0 aliphatic carbocycles. The zero-order valence-electron chi connectivity index (χ0n) is 25.6. The van der Waals surface area contributed by atoms with Crippen LogP contribution in [0.3, 0.4) is 0 Å². The minimum Gasteiger partial charge on any atom is -0.746 e. The van der Waals surface area contributed by atoms with Crippen molar-refractivity contribution >= 4 is 30.2 Å². The van der Waals surface area contributed by atoms with Gasteiger partial charge in [-0.3, -0.25) is 4.39 Å². The molecular weight excluding hydrogens is 613 g/mol. The van der Waals surface area contributed by atoms with Crippen molar-refractivity contribution in [1.82, 2.24) is 8.61 Å². The van der Waals surface area contributed by atoms with Crippen LogP contribution in [0.2, 0.25) is 0 Å². The number of hydrogen-bond donors (Lipinski definition) is 1. The average molecular weight is 654 g/mol. The molecule has 2 heterocycles. The Hall–Kier alpha value is -0.343. The number of alkyl halides is 1. The van der Waals surface area contributed by atoms with Crippen molar-refractivity contribution in [3.05, 3.63) is 67.1 Å². The van der Waals surface area contributed by atoms with Crippen molar-refractivity contribution in [2.75, 3.05) is 33.3 Å². The van der Waals surface area contributed by atoms with Gasteiger partial charge < -0.3 is 16.6 Å². The molecule has 0 radical (unpaired) electrons. The first-order chi connectivity index (χ1) is 19.3. The summed E-state index contributed by atoms with van der Waals surface area (Å²) in [5.74, 6) is 0. The topological polar surface area (TPSA) is 152 Å². The van der Waals surface area contributed by atoms with E-state index in [-0.39, 0.29) is 53.3 Å². The summed E-state index contributed by atoms with van der Waals surface area (Å²) in [4.78, 5) is 0.0655. The molecule has 1 N–H and O–H groups in total. The number of hydrogen-bond acceptors (Lipinski definition) is 8. The Bertz CT molecular complexity index is 1360. The summed E-state index contributed by atoms with van der Waals surface area (Å²) in [6.45, 7) is 7.74. The number of unbranched alkanes of at least 4 members (excludes halogenated alkanes) is 1. The molecule has 0 bridgehead atoms. The maximum absolute atomic E-state index is 12.4. The van der Waals surface area contributed by atoms with E-state index in [1.54, 1.807) is 28.6 Å². The Morgan fingerprint density at radius 2 is 1.26 bits per heavy atom. The summed E-state index contributed by atoms with van der Waals surface area (Å²) < 4.78 is 99.8. The van der Waals surface area contributed by atoms with Crippen LogP contribution in [0.5, 0.6) is 0 Å². The molecule has 1 atom stereocenters. The fraction of sp³-hybridized carbons (Fsp3) is 0.500. The van der Waals surface area contributed by atoms with Gasteiger partial charge in [-0.25, -0.2) is 25.3 Å². The number of sulfonamides is 2. The number of halogens is 1. The predicted molar refractivity (Wildman–Crippen MR) is 151 cm³/mol. The van der Waals surface area contributed by atoms with Crippen molar-refractivity contribution in [3.8, 4) is 0 Å². The van der Waals surface area contributed by atoms with E-state index in [9.17, 15) is 39.3 Å². The maximum atomic E-state index is 12.4. The predicted octanol–water partition coefficient (Wildman–Crippen LogP) is -2.31. The van der Waals surface area contributed by atoms with Crippen molar-refractivity contribution in [3.63, 3.8) is 0 Å². The number of rotatable bonds is 7. The molecule has 0 spiro atoms. The summed E-state index contributed by atoms with van der Waals surface area (Å²) in [5, 5.41) is 9.56. The molecule has 16 heteroatoms. The van der Waals surface area contributed by atoms with E-state index in [4.69, 9.17) is 1.37 Å². The quantitative estimate of drug-likeness (QED) is 0.199.